The van der Waals surface area contributed by atoms with E-state index in [1.165, 1.54) is 4.90 Å². The molecule has 0 bridgehead atoms. The number of carbonyl (C=O) groups excluding carboxylic acids is 1. The number of aliphatic hydroxyl groups is 1. The normalized spacial score (nSPS) is 25.1. The molecule has 1 aliphatic heterocycles. The number of azide groups is 1. The van der Waals surface area contributed by atoms with Crippen molar-refractivity contribution >= 4 is 6.09 Å². The fourth-order valence-corrected chi connectivity index (χ4v) is 1.42. The highest BCUT2D eigenvalue weighted by atomic mass is 16.6. The van der Waals surface area contributed by atoms with E-state index in [0.717, 1.165) is 0 Å². The summed E-state index contributed by atoms with van der Waals surface area (Å²) in [7, 11) is 0. The Balaban J connectivity index is 2.58. The first-order chi connectivity index (χ1) is 7.33. The highest BCUT2D eigenvalue weighted by Crippen LogP contribution is 2.17. The van der Waals surface area contributed by atoms with Gasteiger partial charge in [0, 0.05) is 11.5 Å². The number of hydrogen-bond donors (Lipinski definition) is 1. The molecule has 1 rings (SSSR count). The maximum Gasteiger partial charge on any atom is 0.410 e. The molecule has 0 aliphatic carbocycles. The zero-order valence-corrected chi connectivity index (χ0v) is 9.62. The summed E-state index contributed by atoms with van der Waals surface area (Å²) in [6.45, 7) is 5.63. The molecule has 0 radical (unpaired) electrons. The summed E-state index contributed by atoms with van der Waals surface area (Å²) >= 11 is 0. The molecule has 1 aliphatic rings. The van der Waals surface area contributed by atoms with Crippen molar-refractivity contribution in [2.45, 2.75) is 38.5 Å². The summed E-state index contributed by atoms with van der Waals surface area (Å²) in [6.07, 6.45) is -1.31. The van der Waals surface area contributed by atoms with Crippen LogP contribution in [0.1, 0.15) is 20.8 Å². The van der Waals surface area contributed by atoms with Crippen molar-refractivity contribution in [2.75, 3.05) is 13.1 Å². The molecule has 1 N–H and O–H groups in total. The maximum absolute atomic E-state index is 11.6. The van der Waals surface area contributed by atoms with Crippen molar-refractivity contribution in [1.82, 2.24) is 4.90 Å². The molecule has 0 aromatic carbocycles. The Morgan fingerprint density at radius 1 is 1.56 bits per heavy atom. The second kappa shape index (κ2) is 4.59. The Morgan fingerprint density at radius 2 is 2.19 bits per heavy atom. The number of ether oxygens (including phenoxy) is 1. The molecule has 7 heteroatoms. The molecule has 1 fully saturated rings. The van der Waals surface area contributed by atoms with Crippen LogP contribution in [0.5, 0.6) is 0 Å². The molecule has 0 saturated carbocycles. The molecule has 1 saturated heterocycles. The van der Waals surface area contributed by atoms with Gasteiger partial charge in [-0.05, 0) is 26.3 Å². The number of rotatable bonds is 1. The van der Waals surface area contributed by atoms with Crippen molar-refractivity contribution in [3.8, 4) is 0 Å². The van der Waals surface area contributed by atoms with Gasteiger partial charge in [0.25, 0.3) is 0 Å². The van der Waals surface area contributed by atoms with Crippen LogP contribution < -0.4 is 0 Å². The van der Waals surface area contributed by atoms with Crippen LogP contribution in [0.3, 0.4) is 0 Å². The van der Waals surface area contributed by atoms with Gasteiger partial charge >= 0.3 is 6.09 Å². The lowest BCUT2D eigenvalue weighted by atomic mass is 10.2. The van der Waals surface area contributed by atoms with Crippen molar-refractivity contribution in [2.24, 2.45) is 5.11 Å². The maximum atomic E-state index is 11.6. The van der Waals surface area contributed by atoms with Gasteiger partial charge in [0.05, 0.1) is 18.7 Å². The first-order valence-corrected chi connectivity index (χ1v) is 5.03. The monoisotopic (exact) mass is 228 g/mol. The van der Waals surface area contributed by atoms with E-state index < -0.39 is 23.8 Å². The van der Waals surface area contributed by atoms with Gasteiger partial charge in [-0.25, -0.2) is 4.79 Å². The summed E-state index contributed by atoms with van der Waals surface area (Å²) in [4.78, 5) is 15.6. The zero-order valence-electron chi connectivity index (χ0n) is 9.62. The molecule has 7 nitrogen and oxygen atoms in total. The van der Waals surface area contributed by atoms with Gasteiger partial charge < -0.3 is 14.7 Å². The molecule has 2 atom stereocenters. The zero-order chi connectivity index (χ0) is 12.3. The van der Waals surface area contributed by atoms with Crippen LogP contribution in [0.4, 0.5) is 4.79 Å². The minimum absolute atomic E-state index is 0.137. The average Bonchev–Trinajstić information content (AvgIpc) is 2.46. The molecule has 1 amide bonds. The number of β-amino-alcohol motifs (C(OH)–C–C–N with tert-alkyl or cyclic N) is 1. The van der Waals surface area contributed by atoms with E-state index in [1.54, 1.807) is 20.8 Å². The molecule has 0 aromatic heterocycles. The minimum Gasteiger partial charge on any atom is -0.444 e. The quantitative estimate of drug-likeness (QED) is 0.415. The van der Waals surface area contributed by atoms with Crippen LogP contribution in [0.25, 0.3) is 10.4 Å². The standard InChI is InChI=1S/C9H16N4O3/c1-9(2,3)16-8(15)13-4-6(11-12-10)7(14)5-13/h6-7,14H,4-5H2,1-3H3/t6?,7-/m0/s1. The summed E-state index contributed by atoms with van der Waals surface area (Å²) in [5.41, 5.74) is 7.70. The number of carbonyl (C=O) groups is 1. The molecule has 90 valence electrons. The predicted octanol–water partition coefficient (Wildman–Crippen LogP) is 1.28. The van der Waals surface area contributed by atoms with Gasteiger partial charge in [0.1, 0.15) is 5.60 Å². The molecule has 1 unspecified atom stereocenters. The lowest BCUT2D eigenvalue weighted by molar-refractivity contribution is 0.0270. The smallest absolute Gasteiger partial charge is 0.410 e. The fourth-order valence-electron chi connectivity index (χ4n) is 1.42. The van der Waals surface area contributed by atoms with Gasteiger partial charge in [0.2, 0.25) is 0 Å². The molecular formula is C9H16N4O3. The van der Waals surface area contributed by atoms with Crippen molar-refractivity contribution in [1.29, 1.82) is 0 Å². The molecule has 16 heavy (non-hydrogen) atoms. The Morgan fingerprint density at radius 3 is 2.69 bits per heavy atom. The van der Waals surface area contributed by atoms with Gasteiger partial charge in [-0.2, -0.15) is 0 Å². The number of amides is 1. The molecular weight excluding hydrogens is 212 g/mol. The van der Waals surface area contributed by atoms with Crippen molar-refractivity contribution in [3.05, 3.63) is 10.4 Å². The third kappa shape index (κ3) is 3.29. The number of nitrogens with zero attached hydrogens (tertiary/aromatic N) is 4. The fraction of sp³-hybridized carbons (Fsp3) is 0.889. The molecule has 0 aromatic rings. The SMILES string of the molecule is CC(C)(C)OC(=O)N1CC(N=[N+]=[N-])[C@@H](O)C1. The van der Waals surface area contributed by atoms with E-state index >= 15 is 0 Å². The lowest BCUT2D eigenvalue weighted by Gasteiger charge is -2.24. The second-order valence-corrected chi connectivity index (χ2v) is 4.72. The van der Waals surface area contributed by atoms with Crippen LogP contribution in [-0.2, 0) is 4.74 Å². The Hall–Kier alpha value is -1.46. The van der Waals surface area contributed by atoms with Crippen LogP contribution in [0.2, 0.25) is 0 Å². The van der Waals surface area contributed by atoms with Gasteiger partial charge in [-0.3, -0.25) is 0 Å². The van der Waals surface area contributed by atoms with Gasteiger partial charge in [0.15, 0.2) is 0 Å². The summed E-state index contributed by atoms with van der Waals surface area (Å²) in [6, 6.07) is -0.586. The third-order valence-corrected chi connectivity index (χ3v) is 2.11. The number of aliphatic hydroxyl groups excluding tert-OH is 1. The Labute approximate surface area is 93.6 Å². The molecule has 1 heterocycles. The van der Waals surface area contributed by atoms with E-state index in [4.69, 9.17) is 10.3 Å². The van der Waals surface area contributed by atoms with E-state index in [9.17, 15) is 9.90 Å². The third-order valence-electron chi connectivity index (χ3n) is 2.11. The first-order valence-electron chi connectivity index (χ1n) is 5.03. The van der Waals surface area contributed by atoms with Gasteiger partial charge in [-0.15, -0.1) is 0 Å². The van der Waals surface area contributed by atoms with Crippen molar-refractivity contribution < 1.29 is 14.6 Å². The highest BCUT2D eigenvalue weighted by Gasteiger charge is 2.35. The van der Waals surface area contributed by atoms with Crippen LogP contribution in [0.15, 0.2) is 5.11 Å². The number of hydrogen-bond acceptors (Lipinski definition) is 4. The van der Waals surface area contributed by atoms with Crippen LogP contribution in [-0.4, -0.2) is 46.9 Å². The van der Waals surface area contributed by atoms with E-state index in [-0.39, 0.29) is 13.1 Å². The highest BCUT2D eigenvalue weighted by molar-refractivity contribution is 5.68. The molecule has 0 spiro atoms. The topological polar surface area (TPSA) is 98.5 Å². The summed E-state index contributed by atoms with van der Waals surface area (Å²) in [5.74, 6) is 0. The van der Waals surface area contributed by atoms with E-state index in [2.05, 4.69) is 10.0 Å². The van der Waals surface area contributed by atoms with Crippen LogP contribution >= 0.6 is 0 Å². The van der Waals surface area contributed by atoms with Crippen LogP contribution in [0, 0.1) is 0 Å². The van der Waals surface area contributed by atoms with E-state index in [1.807, 2.05) is 0 Å². The van der Waals surface area contributed by atoms with Gasteiger partial charge in [-0.1, -0.05) is 5.11 Å². The first kappa shape index (κ1) is 12.6. The average molecular weight is 228 g/mol. The second-order valence-electron chi connectivity index (χ2n) is 4.72. The summed E-state index contributed by atoms with van der Waals surface area (Å²) < 4.78 is 5.14. The predicted molar refractivity (Wildman–Crippen MR) is 56.7 cm³/mol. The largest absolute Gasteiger partial charge is 0.444 e. The number of likely N-dealkylation sites (tertiary alicyclic amines) is 1. The minimum atomic E-state index is -0.816. The summed E-state index contributed by atoms with van der Waals surface area (Å²) in [5, 5.41) is 12.9. The van der Waals surface area contributed by atoms with Crippen molar-refractivity contribution in [3.63, 3.8) is 0 Å². The Bertz CT molecular complexity index is 319. The Kier molecular flexibility index (Phi) is 3.62. The lowest BCUT2D eigenvalue weighted by Crippen LogP contribution is -2.36. The van der Waals surface area contributed by atoms with E-state index in [0.29, 0.717) is 0 Å².